The number of aliphatic hydroxyl groups is 2. The molecule has 1 aromatic heterocycles. The van der Waals surface area contributed by atoms with Gasteiger partial charge in [0, 0.05) is 21.7 Å². The normalized spacial score (nSPS) is 12.6. The van der Waals surface area contributed by atoms with E-state index < -0.39 is 17.8 Å². The van der Waals surface area contributed by atoms with E-state index in [4.69, 9.17) is 5.11 Å². The summed E-state index contributed by atoms with van der Waals surface area (Å²) in [5.41, 5.74) is 1.44. The van der Waals surface area contributed by atoms with Crippen molar-refractivity contribution in [2.75, 3.05) is 13.2 Å². The molecule has 1 unspecified atom stereocenters. The summed E-state index contributed by atoms with van der Waals surface area (Å²) in [6.45, 7) is -0.00271. The summed E-state index contributed by atoms with van der Waals surface area (Å²) in [7, 11) is 0. The lowest BCUT2D eigenvalue weighted by Crippen LogP contribution is -2.26. The first-order chi connectivity index (χ1) is 15.8. The Morgan fingerprint density at radius 1 is 1.00 bits per heavy atom. The van der Waals surface area contributed by atoms with Crippen LogP contribution in [0, 0.1) is 0 Å². The van der Waals surface area contributed by atoms with Crippen LogP contribution in [0.1, 0.15) is 32.5 Å². The molecule has 0 fully saturated rings. The molecule has 0 spiro atoms. The van der Waals surface area contributed by atoms with Gasteiger partial charge in [-0.1, -0.05) is 42.5 Å². The molecule has 170 valence electrons. The second-order valence-electron chi connectivity index (χ2n) is 7.46. The fourth-order valence-corrected chi connectivity index (χ4v) is 4.80. The van der Waals surface area contributed by atoms with E-state index in [9.17, 15) is 23.1 Å². The number of fused-ring (bicyclic) bond motifs is 1. The molecule has 1 amide bonds. The van der Waals surface area contributed by atoms with E-state index in [0.29, 0.717) is 10.4 Å². The quantitative estimate of drug-likeness (QED) is 0.353. The van der Waals surface area contributed by atoms with Crippen molar-refractivity contribution in [3.05, 3.63) is 94.4 Å². The second kappa shape index (κ2) is 9.35. The molecule has 0 radical (unpaired) electrons. The van der Waals surface area contributed by atoms with Gasteiger partial charge in [0.2, 0.25) is 0 Å². The van der Waals surface area contributed by atoms with Crippen molar-refractivity contribution in [1.82, 2.24) is 5.32 Å². The lowest BCUT2D eigenvalue weighted by molar-refractivity contribution is -0.137. The minimum atomic E-state index is -4.49. The third-order valence-electron chi connectivity index (χ3n) is 5.20. The van der Waals surface area contributed by atoms with Crippen molar-refractivity contribution in [3.8, 4) is 11.1 Å². The Bertz CT molecular complexity index is 1300. The predicted molar refractivity (Wildman–Crippen MR) is 122 cm³/mol. The number of carbonyl (C=O) groups is 1. The standard InChI is InChI=1S/C25H20F3NO3S/c26-25(27,28)19-8-2-5-16(13-19)22(31)21-14-17-6-3-9-20(23(17)33-21)15-4-1-7-18(12-15)24(32)29-10-11-30/h1-9,12-14,22,30-31H,10-11H2,(H,29,32). The fourth-order valence-electron chi connectivity index (χ4n) is 3.59. The highest BCUT2D eigenvalue weighted by Crippen LogP contribution is 2.40. The number of alkyl halides is 3. The average Bonchev–Trinajstić information content (AvgIpc) is 3.26. The first-order valence-corrected chi connectivity index (χ1v) is 11.0. The van der Waals surface area contributed by atoms with Crippen molar-refractivity contribution in [2.45, 2.75) is 12.3 Å². The lowest BCUT2D eigenvalue weighted by Gasteiger charge is -2.12. The zero-order chi connectivity index (χ0) is 23.6. The van der Waals surface area contributed by atoms with Gasteiger partial charge in [0.05, 0.1) is 12.2 Å². The summed E-state index contributed by atoms with van der Waals surface area (Å²) in [6.07, 6.45) is -5.69. The van der Waals surface area contributed by atoms with Crippen molar-refractivity contribution in [1.29, 1.82) is 0 Å². The van der Waals surface area contributed by atoms with Crippen LogP contribution in [-0.4, -0.2) is 29.3 Å². The number of nitrogens with one attached hydrogen (secondary N) is 1. The summed E-state index contributed by atoms with van der Waals surface area (Å²) >= 11 is 1.30. The molecule has 4 aromatic rings. The van der Waals surface area contributed by atoms with Gasteiger partial charge in [0.15, 0.2) is 0 Å². The minimum absolute atomic E-state index is 0.153. The van der Waals surface area contributed by atoms with Crippen LogP contribution in [0.3, 0.4) is 0 Å². The molecule has 4 nitrogen and oxygen atoms in total. The van der Waals surface area contributed by atoms with Crippen molar-refractivity contribution in [3.63, 3.8) is 0 Å². The zero-order valence-electron chi connectivity index (χ0n) is 17.3. The Morgan fingerprint density at radius 2 is 1.76 bits per heavy atom. The van der Waals surface area contributed by atoms with Crippen LogP contribution in [-0.2, 0) is 6.18 Å². The summed E-state index contributed by atoms with van der Waals surface area (Å²) < 4.78 is 40.1. The van der Waals surface area contributed by atoms with Gasteiger partial charge in [-0.05, 0) is 52.4 Å². The van der Waals surface area contributed by atoms with E-state index in [1.165, 1.54) is 23.5 Å². The maximum atomic E-state index is 13.1. The summed E-state index contributed by atoms with van der Waals surface area (Å²) in [6, 6.07) is 19.1. The molecule has 8 heteroatoms. The molecule has 3 N–H and O–H groups in total. The molecular weight excluding hydrogens is 451 g/mol. The molecule has 0 aliphatic carbocycles. The van der Waals surface area contributed by atoms with E-state index in [2.05, 4.69) is 5.32 Å². The Hall–Kier alpha value is -3.20. The zero-order valence-corrected chi connectivity index (χ0v) is 18.1. The van der Waals surface area contributed by atoms with Crippen LogP contribution in [0.2, 0.25) is 0 Å². The van der Waals surface area contributed by atoms with Crippen molar-refractivity contribution in [2.24, 2.45) is 0 Å². The molecule has 0 saturated heterocycles. The van der Waals surface area contributed by atoms with Crippen LogP contribution >= 0.6 is 11.3 Å². The van der Waals surface area contributed by atoms with Gasteiger partial charge in [-0.3, -0.25) is 4.79 Å². The van der Waals surface area contributed by atoms with Crippen LogP contribution in [0.5, 0.6) is 0 Å². The maximum Gasteiger partial charge on any atom is 0.416 e. The van der Waals surface area contributed by atoms with Gasteiger partial charge in [-0.15, -0.1) is 11.3 Å². The molecule has 4 rings (SSSR count). The van der Waals surface area contributed by atoms with E-state index in [1.807, 2.05) is 24.3 Å². The summed E-state index contributed by atoms with van der Waals surface area (Å²) in [4.78, 5) is 12.8. The van der Waals surface area contributed by atoms with Crippen LogP contribution in [0.15, 0.2) is 72.8 Å². The largest absolute Gasteiger partial charge is 0.416 e. The van der Waals surface area contributed by atoms with Crippen molar-refractivity contribution < 1.29 is 28.2 Å². The van der Waals surface area contributed by atoms with Gasteiger partial charge in [0.25, 0.3) is 5.91 Å². The molecule has 0 aliphatic rings. The second-order valence-corrected chi connectivity index (χ2v) is 8.54. The van der Waals surface area contributed by atoms with Gasteiger partial charge in [0.1, 0.15) is 6.10 Å². The number of benzene rings is 3. The van der Waals surface area contributed by atoms with Gasteiger partial charge in [-0.25, -0.2) is 0 Å². The Kier molecular flexibility index (Phi) is 6.51. The van der Waals surface area contributed by atoms with Crippen LogP contribution < -0.4 is 5.32 Å². The molecule has 0 saturated carbocycles. The molecule has 3 aromatic carbocycles. The maximum absolute atomic E-state index is 13.1. The van der Waals surface area contributed by atoms with E-state index in [0.717, 1.165) is 33.3 Å². The Labute approximate surface area is 191 Å². The van der Waals surface area contributed by atoms with Gasteiger partial charge < -0.3 is 15.5 Å². The smallest absolute Gasteiger partial charge is 0.395 e. The fraction of sp³-hybridized carbons (Fsp3) is 0.160. The third-order valence-corrected chi connectivity index (χ3v) is 6.43. The highest BCUT2D eigenvalue weighted by molar-refractivity contribution is 7.19. The number of hydrogen-bond acceptors (Lipinski definition) is 4. The molecule has 0 aliphatic heterocycles. The molecule has 33 heavy (non-hydrogen) atoms. The topological polar surface area (TPSA) is 69.6 Å². The number of halogens is 3. The van der Waals surface area contributed by atoms with Gasteiger partial charge in [-0.2, -0.15) is 13.2 Å². The van der Waals surface area contributed by atoms with Crippen LogP contribution in [0.4, 0.5) is 13.2 Å². The first kappa shape index (κ1) is 23.0. The monoisotopic (exact) mass is 471 g/mol. The SMILES string of the molecule is O=C(NCCO)c1cccc(-c2cccc3cc(C(O)c4cccc(C(F)(F)F)c4)sc23)c1. The third kappa shape index (κ3) is 4.93. The predicted octanol–water partition coefficient (Wildman–Crippen LogP) is 5.39. The van der Waals surface area contributed by atoms with E-state index in [1.54, 1.807) is 24.3 Å². The highest BCUT2D eigenvalue weighted by Gasteiger charge is 2.31. The minimum Gasteiger partial charge on any atom is -0.395 e. The Balaban J connectivity index is 1.71. The number of aliphatic hydroxyl groups excluding tert-OH is 2. The summed E-state index contributed by atoms with van der Waals surface area (Å²) in [5.74, 6) is -0.301. The number of hydrogen-bond donors (Lipinski definition) is 3. The van der Waals surface area contributed by atoms with E-state index >= 15 is 0 Å². The van der Waals surface area contributed by atoms with E-state index in [-0.39, 0.29) is 24.6 Å². The lowest BCUT2D eigenvalue weighted by atomic mass is 10.0. The molecule has 1 heterocycles. The van der Waals surface area contributed by atoms with Gasteiger partial charge >= 0.3 is 6.18 Å². The van der Waals surface area contributed by atoms with Crippen molar-refractivity contribution >= 4 is 27.3 Å². The number of amides is 1. The van der Waals surface area contributed by atoms with Crippen LogP contribution in [0.25, 0.3) is 21.2 Å². The average molecular weight is 472 g/mol. The molecule has 0 bridgehead atoms. The molecule has 1 atom stereocenters. The highest BCUT2D eigenvalue weighted by atomic mass is 32.1. The summed E-state index contributed by atoms with van der Waals surface area (Å²) in [5, 5.41) is 23.2. The number of thiophene rings is 1. The number of carbonyl (C=O) groups excluding carboxylic acids is 1. The molecular formula is C25H20F3NO3S. The first-order valence-electron chi connectivity index (χ1n) is 10.1. The number of rotatable bonds is 6. The Morgan fingerprint density at radius 3 is 2.52 bits per heavy atom.